The van der Waals surface area contributed by atoms with E-state index < -0.39 is 0 Å². The van der Waals surface area contributed by atoms with Gasteiger partial charge in [-0.25, -0.2) is 0 Å². The fraction of sp³-hybridized carbons (Fsp3) is 0.263. The summed E-state index contributed by atoms with van der Waals surface area (Å²) in [4.78, 5) is 14.2. The summed E-state index contributed by atoms with van der Waals surface area (Å²) in [5, 5.41) is 6.72. The summed E-state index contributed by atoms with van der Waals surface area (Å²) in [7, 11) is 1.63. The van der Waals surface area contributed by atoms with Crippen LogP contribution in [0, 0.1) is 0 Å². The van der Waals surface area contributed by atoms with Crippen LogP contribution in [-0.2, 0) is 0 Å². The van der Waals surface area contributed by atoms with Crippen LogP contribution < -0.4 is 15.4 Å². The van der Waals surface area contributed by atoms with Gasteiger partial charge in [-0.2, -0.15) is 0 Å². The lowest BCUT2D eigenvalue weighted by molar-refractivity contribution is 0.0793. The molecule has 0 aliphatic carbocycles. The van der Waals surface area contributed by atoms with Crippen molar-refractivity contribution in [1.82, 2.24) is 4.90 Å². The van der Waals surface area contributed by atoms with E-state index in [0.29, 0.717) is 10.7 Å². The second kappa shape index (κ2) is 7.98. The van der Waals surface area contributed by atoms with E-state index >= 15 is 0 Å². The van der Waals surface area contributed by atoms with Gasteiger partial charge in [0.25, 0.3) is 5.91 Å². The molecule has 0 atom stereocenters. The fourth-order valence-electron chi connectivity index (χ4n) is 2.77. The molecule has 1 aliphatic heterocycles. The zero-order valence-electron chi connectivity index (χ0n) is 14.1. The molecule has 2 aromatic carbocycles. The first kappa shape index (κ1) is 17.2. The predicted molar refractivity (Wildman–Crippen MR) is 104 cm³/mol. The number of hydrogen-bond donors (Lipinski definition) is 2. The Labute approximate surface area is 153 Å². The largest absolute Gasteiger partial charge is 0.497 e. The number of rotatable bonds is 4. The minimum absolute atomic E-state index is 0.1000. The van der Waals surface area contributed by atoms with Crippen LogP contribution in [0.5, 0.6) is 5.75 Å². The van der Waals surface area contributed by atoms with Gasteiger partial charge >= 0.3 is 0 Å². The smallest absolute Gasteiger partial charge is 0.253 e. The maximum atomic E-state index is 12.3. The summed E-state index contributed by atoms with van der Waals surface area (Å²) in [6.45, 7) is 1.71. The minimum Gasteiger partial charge on any atom is -0.497 e. The van der Waals surface area contributed by atoms with Gasteiger partial charge in [-0.05, 0) is 73.6 Å². The fourth-order valence-corrected chi connectivity index (χ4v) is 3.00. The second-order valence-corrected chi connectivity index (χ2v) is 6.29. The molecule has 0 aromatic heterocycles. The van der Waals surface area contributed by atoms with Crippen molar-refractivity contribution in [3.8, 4) is 5.75 Å². The lowest BCUT2D eigenvalue weighted by atomic mass is 10.2. The number of likely N-dealkylation sites (tertiary alicyclic amines) is 1. The second-order valence-electron chi connectivity index (χ2n) is 5.88. The number of benzene rings is 2. The summed E-state index contributed by atoms with van der Waals surface area (Å²) in [6, 6.07) is 14.9. The molecule has 1 fully saturated rings. The molecule has 0 unspecified atom stereocenters. The molecule has 25 heavy (non-hydrogen) atoms. The number of nitrogens with one attached hydrogen (secondary N) is 2. The molecular formula is C19H21N3O2S. The van der Waals surface area contributed by atoms with E-state index in [0.717, 1.165) is 43.1 Å². The zero-order chi connectivity index (χ0) is 17.6. The predicted octanol–water partition coefficient (Wildman–Crippen LogP) is 3.74. The lowest BCUT2D eigenvalue weighted by Gasteiger charge is -2.15. The molecular weight excluding hydrogens is 334 g/mol. The Hall–Kier alpha value is -2.60. The SMILES string of the molecule is COc1ccc(NC(=S)Nc2ccc(C(=O)N3CCCC3)cc2)cc1. The number of nitrogens with zero attached hydrogens (tertiary/aromatic N) is 1. The van der Waals surface area contributed by atoms with Gasteiger partial charge in [-0.15, -0.1) is 0 Å². The van der Waals surface area contributed by atoms with Crippen LogP contribution in [0.25, 0.3) is 0 Å². The standard InChI is InChI=1S/C19H21N3O2S/c1-24-17-10-8-16(9-11-17)21-19(25)20-15-6-4-14(5-7-15)18(23)22-12-2-3-13-22/h4-11H,2-3,12-13H2,1H3,(H2,20,21,25). The molecule has 1 saturated heterocycles. The molecule has 2 N–H and O–H groups in total. The Bertz CT molecular complexity index is 738. The highest BCUT2D eigenvalue weighted by Gasteiger charge is 2.19. The molecule has 5 nitrogen and oxygen atoms in total. The normalized spacial score (nSPS) is 13.4. The van der Waals surface area contributed by atoms with E-state index in [2.05, 4.69) is 10.6 Å². The van der Waals surface area contributed by atoms with E-state index in [-0.39, 0.29) is 5.91 Å². The Morgan fingerprint density at radius 1 is 0.960 bits per heavy atom. The maximum absolute atomic E-state index is 12.3. The van der Waals surface area contributed by atoms with Gasteiger partial charge in [-0.1, -0.05) is 0 Å². The molecule has 1 heterocycles. The molecule has 3 rings (SSSR count). The van der Waals surface area contributed by atoms with Crippen LogP contribution in [0.4, 0.5) is 11.4 Å². The third kappa shape index (κ3) is 4.48. The first-order chi connectivity index (χ1) is 12.2. The third-order valence-corrected chi connectivity index (χ3v) is 4.34. The summed E-state index contributed by atoms with van der Waals surface area (Å²) in [5.74, 6) is 0.894. The Morgan fingerprint density at radius 2 is 1.48 bits per heavy atom. The van der Waals surface area contributed by atoms with Gasteiger partial charge in [0.2, 0.25) is 0 Å². The van der Waals surface area contributed by atoms with Crippen molar-refractivity contribution in [2.75, 3.05) is 30.8 Å². The van der Waals surface area contributed by atoms with Crippen molar-refractivity contribution in [2.45, 2.75) is 12.8 Å². The summed E-state index contributed by atoms with van der Waals surface area (Å²) in [6.07, 6.45) is 2.19. The van der Waals surface area contributed by atoms with E-state index in [1.807, 2.05) is 53.4 Å². The van der Waals surface area contributed by atoms with Gasteiger partial charge < -0.3 is 20.3 Å². The molecule has 1 aliphatic rings. The molecule has 0 bridgehead atoms. The van der Waals surface area contributed by atoms with Gasteiger partial charge in [0.05, 0.1) is 7.11 Å². The molecule has 130 valence electrons. The van der Waals surface area contributed by atoms with Gasteiger partial charge in [0.15, 0.2) is 5.11 Å². The van der Waals surface area contributed by atoms with E-state index in [9.17, 15) is 4.79 Å². The molecule has 0 saturated carbocycles. The highest BCUT2D eigenvalue weighted by atomic mass is 32.1. The van der Waals surface area contributed by atoms with Crippen LogP contribution >= 0.6 is 12.2 Å². The van der Waals surface area contributed by atoms with Crippen LogP contribution in [-0.4, -0.2) is 36.1 Å². The van der Waals surface area contributed by atoms with Crippen molar-refractivity contribution in [2.24, 2.45) is 0 Å². The Kier molecular flexibility index (Phi) is 5.50. The number of anilines is 2. The highest BCUT2D eigenvalue weighted by Crippen LogP contribution is 2.17. The molecule has 2 aromatic rings. The zero-order valence-corrected chi connectivity index (χ0v) is 14.9. The van der Waals surface area contributed by atoms with Crippen LogP contribution in [0.2, 0.25) is 0 Å². The van der Waals surface area contributed by atoms with Crippen molar-refractivity contribution in [3.63, 3.8) is 0 Å². The number of thiocarbonyl (C=S) groups is 1. The average molecular weight is 355 g/mol. The third-order valence-electron chi connectivity index (χ3n) is 4.13. The molecule has 1 amide bonds. The quantitative estimate of drug-likeness (QED) is 0.819. The number of amides is 1. The Morgan fingerprint density at radius 3 is 2.00 bits per heavy atom. The minimum atomic E-state index is 0.1000. The number of carbonyl (C=O) groups is 1. The van der Waals surface area contributed by atoms with E-state index in [1.165, 1.54) is 0 Å². The number of hydrogen-bond acceptors (Lipinski definition) is 3. The number of ether oxygens (including phenoxy) is 1. The Balaban J connectivity index is 1.56. The van der Waals surface area contributed by atoms with Crippen LogP contribution in [0.3, 0.4) is 0 Å². The molecule has 0 spiro atoms. The van der Waals surface area contributed by atoms with Crippen LogP contribution in [0.1, 0.15) is 23.2 Å². The van der Waals surface area contributed by atoms with Crippen molar-refractivity contribution >= 4 is 34.6 Å². The van der Waals surface area contributed by atoms with Gasteiger partial charge in [0.1, 0.15) is 5.75 Å². The monoisotopic (exact) mass is 355 g/mol. The van der Waals surface area contributed by atoms with Gasteiger partial charge in [-0.3, -0.25) is 4.79 Å². The van der Waals surface area contributed by atoms with Gasteiger partial charge in [0, 0.05) is 30.0 Å². The first-order valence-corrected chi connectivity index (χ1v) is 8.68. The summed E-state index contributed by atoms with van der Waals surface area (Å²) in [5.41, 5.74) is 2.42. The van der Waals surface area contributed by atoms with Crippen LogP contribution in [0.15, 0.2) is 48.5 Å². The van der Waals surface area contributed by atoms with Crippen molar-refractivity contribution < 1.29 is 9.53 Å². The highest BCUT2D eigenvalue weighted by molar-refractivity contribution is 7.80. The van der Waals surface area contributed by atoms with E-state index in [4.69, 9.17) is 17.0 Å². The number of carbonyl (C=O) groups excluding carboxylic acids is 1. The molecule has 0 radical (unpaired) electrons. The van der Waals surface area contributed by atoms with Crippen molar-refractivity contribution in [1.29, 1.82) is 0 Å². The first-order valence-electron chi connectivity index (χ1n) is 8.27. The lowest BCUT2D eigenvalue weighted by Crippen LogP contribution is -2.27. The topological polar surface area (TPSA) is 53.6 Å². The molecule has 6 heteroatoms. The summed E-state index contributed by atoms with van der Waals surface area (Å²) >= 11 is 5.32. The maximum Gasteiger partial charge on any atom is 0.253 e. The summed E-state index contributed by atoms with van der Waals surface area (Å²) < 4.78 is 5.13. The average Bonchev–Trinajstić information content (AvgIpc) is 3.17. The van der Waals surface area contributed by atoms with Crippen molar-refractivity contribution in [3.05, 3.63) is 54.1 Å². The number of methoxy groups -OCH3 is 1. The van der Waals surface area contributed by atoms with E-state index in [1.54, 1.807) is 7.11 Å².